The number of nitro groups is 1. The number of fused-ring (bicyclic) bond motifs is 1. The van der Waals surface area contributed by atoms with Crippen molar-refractivity contribution in [2.24, 2.45) is 0 Å². The molecule has 0 bridgehead atoms. The lowest BCUT2D eigenvalue weighted by Gasteiger charge is -2.12. The lowest BCUT2D eigenvalue weighted by molar-refractivity contribution is -0.385. The molecule has 7 nitrogen and oxygen atoms in total. The van der Waals surface area contributed by atoms with Crippen LogP contribution in [0.5, 0.6) is 0 Å². The maximum atomic E-state index is 12.4. The number of hydrogen-bond acceptors (Lipinski definition) is 6. The third-order valence-corrected chi connectivity index (χ3v) is 4.53. The van der Waals surface area contributed by atoms with Gasteiger partial charge in [0.15, 0.2) is 0 Å². The van der Waals surface area contributed by atoms with E-state index in [1.165, 1.54) is 29.5 Å². The minimum absolute atomic E-state index is 0.0816. The Morgan fingerprint density at radius 3 is 2.59 bits per heavy atom. The van der Waals surface area contributed by atoms with Gasteiger partial charge in [-0.25, -0.2) is 4.98 Å². The van der Waals surface area contributed by atoms with E-state index in [4.69, 9.17) is 0 Å². The second kappa shape index (κ2) is 4.99. The normalized spacial score (nSPS) is 13.6. The molecule has 0 spiro atoms. The molecule has 0 aliphatic carbocycles. The van der Waals surface area contributed by atoms with Crippen molar-refractivity contribution in [2.75, 3.05) is 0 Å². The van der Waals surface area contributed by atoms with Gasteiger partial charge in [-0.2, -0.15) is 0 Å². The van der Waals surface area contributed by atoms with Crippen LogP contribution in [0.3, 0.4) is 0 Å². The van der Waals surface area contributed by atoms with Crippen LogP contribution >= 0.6 is 11.3 Å². The van der Waals surface area contributed by atoms with Gasteiger partial charge >= 0.3 is 0 Å². The smallest absolute Gasteiger partial charge is 0.269 e. The highest BCUT2D eigenvalue weighted by atomic mass is 32.1. The molecule has 2 amide bonds. The molecule has 0 fully saturated rings. The molecular weight excluding hydrogens is 306 g/mol. The first-order valence-corrected chi connectivity index (χ1v) is 7.28. The minimum atomic E-state index is -0.643. The lowest BCUT2D eigenvalue weighted by Crippen LogP contribution is -2.29. The highest BCUT2D eigenvalue weighted by molar-refractivity contribution is 7.11. The number of aryl methyl sites for hydroxylation is 2. The Balaban J connectivity index is 2.02. The summed E-state index contributed by atoms with van der Waals surface area (Å²) in [5.41, 5.74) is 0.374. The van der Waals surface area contributed by atoms with Crippen molar-refractivity contribution in [1.82, 2.24) is 9.88 Å². The second-order valence-electron chi connectivity index (χ2n) is 4.89. The van der Waals surface area contributed by atoms with Crippen molar-refractivity contribution in [1.29, 1.82) is 0 Å². The van der Waals surface area contributed by atoms with Gasteiger partial charge in [0.05, 0.1) is 27.7 Å². The number of rotatable bonds is 3. The molecule has 1 aliphatic heterocycles. The highest BCUT2D eigenvalue weighted by Gasteiger charge is 2.41. The standard InChI is InChI=1S/C14H11N3O4S/c1-7-11(22-8(2)15-7)6-16-13(18)9-4-3-5-10(17(20)21)12(9)14(16)19/h3-5H,6H2,1-2H3. The van der Waals surface area contributed by atoms with Gasteiger partial charge in [0, 0.05) is 10.9 Å². The van der Waals surface area contributed by atoms with Crippen LogP contribution in [0.15, 0.2) is 18.2 Å². The van der Waals surface area contributed by atoms with Gasteiger partial charge in [0.2, 0.25) is 0 Å². The lowest BCUT2D eigenvalue weighted by atomic mass is 10.1. The van der Waals surface area contributed by atoms with Crippen molar-refractivity contribution in [3.05, 3.63) is 55.0 Å². The Morgan fingerprint density at radius 2 is 2.00 bits per heavy atom. The summed E-state index contributed by atoms with van der Waals surface area (Å²) < 4.78 is 0. The number of imide groups is 1. The highest BCUT2D eigenvalue weighted by Crippen LogP contribution is 2.32. The molecule has 0 N–H and O–H groups in total. The van der Waals surface area contributed by atoms with Crippen molar-refractivity contribution in [3.8, 4) is 0 Å². The number of carbonyl (C=O) groups excluding carboxylic acids is 2. The van der Waals surface area contributed by atoms with E-state index < -0.39 is 16.7 Å². The topological polar surface area (TPSA) is 93.4 Å². The van der Waals surface area contributed by atoms with Crippen LogP contribution in [0.25, 0.3) is 0 Å². The average Bonchev–Trinajstić information content (AvgIpc) is 2.91. The Bertz CT molecular complexity index is 827. The summed E-state index contributed by atoms with van der Waals surface area (Å²) in [6.07, 6.45) is 0. The fraction of sp³-hybridized carbons (Fsp3) is 0.214. The Hall–Kier alpha value is -2.61. The summed E-state index contributed by atoms with van der Waals surface area (Å²) in [7, 11) is 0. The number of nitro benzene ring substituents is 1. The number of aromatic nitrogens is 1. The number of hydrogen-bond donors (Lipinski definition) is 0. The SMILES string of the molecule is Cc1nc(C)c(CN2C(=O)c3cccc([N+](=O)[O-])c3C2=O)s1. The molecule has 0 atom stereocenters. The third-order valence-electron chi connectivity index (χ3n) is 3.48. The number of nitrogens with zero attached hydrogens (tertiary/aromatic N) is 3. The van der Waals surface area contributed by atoms with Crippen LogP contribution < -0.4 is 0 Å². The van der Waals surface area contributed by atoms with Gasteiger partial charge in [-0.3, -0.25) is 24.6 Å². The van der Waals surface area contributed by atoms with Gasteiger partial charge in [0.25, 0.3) is 17.5 Å². The zero-order valence-electron chi connectivity index (χ0n) is 11.8. The van der Waals surface area contributed by atoms with Crippen molar-refractivity contribution in [2.45, 2.75) is 20.4 Å². The van der Waals surface area contributed by atoms with Crippen LogP contribution in [-0.2, 0) is 6.54 Å². The number of thiazole rings is 1. The first-order valence-electron chi connectivity index (χ1n) is 6.46. The van der Waals surface area contributed by atoms with Gasteiger partial charge in [0.1, 0.15) is 5.56 Å². The van der Waals surface area contributed by atoms with E-state index in [-0.39, 0.29) is 23.4 Å². The largest absolute Gasteiger partial charge is 0.282 e. The summed E-state index contributed by atoms with van der Waals surface area (Å²) in [4.78, 5) is 41.3. The molecule has 0 saturated heterocycles. The third kappa shape index (κ3) is 2.08. The van der Waals surface area contributed by atoms with E-state index in [2.05, 4.69) is 4.98 Å². The van der Waals surface area contributed by atoms with Crippen LogP contribution in [-0.4, -0.2) is 26.6 Å². The molecule has 0 radical (unpaired) electrons. The van der Waals surface area contributed by atoms with E-state index in [0.717, 1.165) is 20.5 Å². The fourth-order valence-electron chi connectivity index (χ4n) is 2.48. The summed E-state index contributed by atoms with van der Waals surface area (Å²) in [6.45, 7) is 3.73. The zero-order valence-corrected chi connectivity index (χ0v) is 12.6. The molecule has 1 aromatic heterocycles. The monoisotopic (exact) mass is 317 g/mol. The van der Waals surface area contributed by atoms with Crippen LogP contribution in [0.4, 0.5) is 5.69 Å². The quantitative estimate of drug-likeness (QED) is 0.492. The molecule has 0 unspecified atom stereocenters. The van der Waals surface area contributed by atoms with E-state index in [1.54, 1.807) is 6.92 Å². The second-order valence-corrected chi connectivity index (χ2v) is 6.18. The molecule has 3 rings (SSSR count). The molecular formula is C14H11N3O4S. The summed E-state index contributed by atoms with van der Waals surface area (Å²) >= 11 is 1.40. The van der Waals surface area contributed by atoms with Crippen molar-refractivity contribution < 1.29 is 14.5 Å². The number of amides is 2. The predicted molar refractivity (Wildman–Crippen MR) is 78.9 cm³/mol. The molecule has 22 heavy (non-hydrogen) atoms. The van der Waals surface area contributed by atoms with E-state index in [1.807, 2.05) is 6.92 Å². The van der Waals surface area contributed by atoms with E-state index in [9.17, 15) is 19.7 Å². The zero-order chi connectivity index (χ0) is 16.0. The molecule has 1 aliphatic rings. The van der Waals surface area contributed by atoms with Crippen LogP contribution in [0, 0.1) is 24.0 Å². The van der Waals surface area contributed by atoms with Gasteiger partial charge in [-0.15, -0.1) is 11.3 Å². The molecule has 1 aromatic carbocycles. The molecule has 8 heteroatoms. The molecule has 2 aromatic rings. The maximum absolute atomic E-state index is 12.4. The van der Waals surface area contributed by atoms with Gasteiger partial charge in [-0.1, -0.05) is 6.07 Å². The van der Waals surface area contributed by atoms with E-state index in [0.29, 0.717) is 0 Å². The molecule has 2 heterocycles. The average molecular weight is 317 g/mol. The summed E-state index contributed by atoms with van der Waals surface area (Å²) in [5, 5.41) is 11.9. The Morgan fingerprint density at radius 1 is 1.27 bits per heavy atom. The summed E-state index contributed by atoms with van der Waals surface area (Å²) in [6, 6.07) is 4.08. The van der Waals surface area contributed by atoms with Gasteiger partial charge < -0.3 is 0 Å². The molecule has 0 saturated carbocycles. The minimum Gasteiger partial charge on any atom is -0.269 e. The Labute approximate surface area is 129 Å². The van der Waals surface area contributed by atoms with Crippen LogP contribution in [0.2, 0.25) is 0 Å². The van der Waals surface area contributed by atoms with E-state index >= 15 is 0 Å². The number of benzene rings is 1. The first-order chi connectivity index (χ1) is 10.4. The fourth-order valence-corrected chi connectivity index (χ4v) is 3.40. The van der Waals surface area contributed by atoms with Crippen molar-refractivity contribution >= 4 is 28.8 Å². The summed E-state index contributed by atoms with van der Waals surface area (Å²) in [5.74, 6) is -1.13. The molecule has 112 valence electrons. The Kier molecular flexibility index (Phi) is 3.25. The van der Waals surface area contributed by atoms with Gasteiger partial charge in [-0.05, 0) is 19.9 Å². The van der Waals surface area contributed by atoms with Crippen molar-refractivity contribution in [3.63, 3.8) is 0 Å². The van der Waals surface area contributed by atoms with Crippen LogP contribution in [0.1, 0.15) is 36.3 Å². The maximum Gasteiger partial charge on any atom is 0.282 e. The first kappa shape index (κ1) is 14.3. The predicted octanol–water partition coefficient (Wildman–Crippen LogP) is 2.46. The number of carbonyl (C=O) groups is 2.